The molecule has 0 amide bonds. The highest BCUT2D eigenvalue weighted by atomic mass is 19.2. The Labute approximate surface area is 94.4 Å². The van der Waals surface area contributed by atoms with Crippen molar-refractivity contribution >= 4 is 5.82 Å². The van der Waals surface area contributed by atoms with Gasteiger partial charge in [0.25, 0.3) is 0 Å². The number of nitrogens with zero attached hydrogens (tertiary/aromatic N) is 3. The van der Waals surface area contributed by atoms with Crippen LogP contribution in [0.2, 0.25) is 0 Å². The molecule has 0 saturated carbocycles. The molecule has 0 radical (unpaired) electrons. The normalized spacial score (nSPS) is 10.5. The van der Waals surface area contributed by atoms with Crippen molar-refractivity contribution in [3.8, 4) is 0 Å². The van der Waals surface area contributed by atoms with Gasteiger partial charge in [0, 0.05) is 5.56 Å². The monoisotopic (exact) mass is 239 g/mol. The fourth-order valence-corrected chi connectivity index (χ4v) is 1.38. The molecule has 0 aliphatic carbocycles. The molecule has 0 fully saturated rings. The third-order valence-corrected chi connectivity index (χ3v) is 2.18. The van der Waals surface area contributed by atoms with E-state index in [-0.39, 0.29) is 17.9 Å². The van der Waals surface area contributed by atoms with Gasteiger partial charge in [0.2, 0.25) is 0 Å². The number of nitro groups is 1. The lowest BCUT2D eigenvalue weighted by Crippen LogP contribution is -2.04. The molecule has 5 nitrogen and oxygen atoms in total. The summed E-state index contributed by atoms with van der Waals surface area (Å²) in [6, 6.07) is 4.96. The van der Waals surface area contributed by atoms with Crippen LogP contribution in [0.25, 0.3) is 0 Å². The van der Waals surface area contributed by atoms with Crippen LogP contribution < -0.4 is 0 Å². The molecule has 1 heterocycles. The molecule has 0 spiro atoms. The summed E-state index contributed by atoms with van der Waals surface area (Å²) in [7, 11) is 0. The first-order valence-electron chi connectivity index (χ1n) is 4.68. The molecule has 0 N–H and O–H groups in total. The Morgan fingerprint density at radius 3 is 2.76 bits per heavy atom. The highest BCUT2D eigenvalue weighted by molar-refractivity contribution is 5.20. The number of benzene rings is 1. The molecule has 0 aliphatic rings. The Kier molecular flexibility index (Phi) is 2.82. The molecule has 17 heavy (non-hydrogen) atoms. The molecule has 88 valence electrons. The summed E-state index contributed by atoms with van der Waals surface area (Å²) in [5, 5.41) is 14.0. The number of hydrogen-bond donors (Lipinski definition) is 0. The molecule has 2 aromatic rings. The van der Waals surface area contributed by atoms with Gasteiger partial charge in [-0.15, -0.1) is 0 Å². The van der Waals surface area contributed by atoms with E-state index in [1.807, 2.05) is 0 Å². The van der Waals surface area contributed by atoms with Crippen LogP contribution in [-0.2, 0) is 6.54 Å². The van der Waals surface area contributed by atoms with E-state index in [9.17, 15) is 18.9 Å². The van der Waals surface area contributed by atoms with Crippen LogP contribution >= 0.6 is 0 Å². The molecule has 7 heteroatoms. The van der Waals surface area contributed by atoms with Crippen LogP contribution in [-0.4, -0.2) is 14.7 Å². The largest absolute Gasteiger partial charge is 0.389 e. The van der Waals surface area contributed by atoms with Crippen LogP contribution in [0.4, 0.5) is 14.6 Å². The minimum absolute atomic E-state index is 0.0581. The smallest absolute Gasteiger partial charge is 0.358 e. The summed E-state index contributed by atoms with van der Waals surface area (Å²) < 4.78 is 27.4. The zero-order valence-electron chi connectivity index (χ0n) is 8.51. The summed E-state index contributed by atoms with van der Waals surface area (Å²) in [5.74, 6) is -2.25. The molecule has 1 aromatic carbocycles. The van der Waals surface area contributed by atoms with E-state index in [1.54, 1.807) is 0 Å². The number of rotatable bonds is 3. The van der Waals surface area contributed by atoms with Crippen LogP contribution in [0, 0.1) is 21.7 Å². The van der Waals surface area contributed by atoms with E-state index in [4.69, 9.17) is 0 Å². The highest BCUT2D eigenvalue weighted by Crippen LogP contribution is 2.13. The van der Waals surface area contributed by atoms with E-state index < -0.39 is 16.6 Å². The van der Waals surface area contributed by atoms with E-state index in [2.05, 4.69) is 5.10 Å². The first-order valence-corrected chi connectivity index (χ1v) is 4.68. The van der Waals surface area contributed by atoms with Crippen molar-refractivity contribution in [1.82, 2.24) is 9.78 Å². The van der Waals surface area contributed by atoms with Crippen LogP contribution in [0.15, 0.2) is 30.5 Å². The van der Waals surface area contributed by atoms with E-state index >= 15 is 0 Å². The Bertz CT molecular complexity index is 568. The second kappa shape index (κ2) is 4.28. The molecule has 0 saturated heterocycles. The standard InChI is InChI=1S/C10H7F2N3O2/c11-8-3-1-2-7(10(8)12)6-14-5-4-9(13-14)15(16)17/h1-5H,6H2. The fourth-order valence-electron chi connectivity index (χ4n) is 1.38. The predicted octanol–water partition coefficient (Wildman–Crippen LogP) is 2.12. The van der Waals surface area contributed by atoms with Gasteiger partial charge in [0.05, 0.1) is 23.9 Å². The molecular weight excluding hydrogens is 232 g/mol. The lowest BCUT2D eigenvalue weighted by atomic mass is 10.2. The second-order valence-electron chi connectivity index (χ2n) is 3.34. The van der Waals surface area contributed by atoms with Gasteiger partial charge in [-0.25, -0.2) is 8.78 Å². The van der Waals surface area contributed by atoms with Crippen molar-refractivity contribution in [2.45, 2.75) is 6.54 Å². The van der Waals surface area contributed by atoms with Crippen molar-refractivity contribution in [3.05, 3.63) is 57.8 Å². The molecule has 0 atom stereocenters. The van der Waals surface area contributed by atoms with Crippen LogP contribution in [0.5, 0.6) is 0 Å². The average molecular weight is 239 g/mol. The summed E-state index contributed by atoms with van der Waals surface area (Å²) in [5.41, 5.74) is 0.0861. The Balaban J connectivity index is 2.25. The number of halogens is 2. The van der Waals surface area contributed by atoms with Crippen molar-refractivity contribution in [3.63, 3.8) is 0 Å². The van der Waals surface area contributed by atoms with Gasteiger partial charge in [0.1, 0.15) is 0 Å². The molecule has 0 aliphatic heterocycles. The van der Waals surface area contributed by atoms with Gasteiger partial charge in [-0.2, -0.15) is 4.68 Å². The Morgan fingerprint density at radius 1 is 1.35 bits per heavy atom. The maximum atomic E-state index is 13.3. The van der Waals surface area contributed by atoms with E-state index in [1.165, 1.54) is 29.1 Å². The van der Waals surface area contributed by atoms with E-state index in [0.717, 1.165) is 6.07 Å². The molecular formula is C10H7F2N3O2. The second-order valence-corrected chi connectivity index (χ2v) is 3.34. The minimum atomic E-state index is -0.967. The lowest BCUT2D eigenvalue weighted by molar-refractivity contribution is -0.389. The summed E-state index contributed by atoms with van der Waals surface area (Å²) >= 11 is 0. The molecule has 1 aromatic heterocycles. The quantitative estimate of drug-likeness (QED) is 0.608. The van der Waals surface area contributed by atoms with Gasteiger partial charge in [-0.05, 0) is 11.0 Å². The molecule has 0 unspecified atom stereocenters. The van der Waals surface area contributed by atoms with Gasteiger partial charge >= 0.3 is 5.82 Å². The zero-order chi connectivity index (χ0) is 12.4. The van der Waals surface area contributed by atoms with Crippen LogP contribution in [0.3, 0.4) is 0 Å². The number of hydrogen-bond acceptors (Lipinski definition) is 3. The zero-order valence-corrected chi connectivity index (χ0v) is 8.51. The van der Waals surface area contributed by atoms with Crippen molar-refractivity contribution in [2.75, 3.05) is 0 Å². The summed E-state index contributed by atoms with van der Waals surface area (Å²) in [4.78, 5) is 9.73. The molecule has 0 bridgehead atoms. The summed E-state index contributed by atoms with van der Waals surface area (Å²) in [6.45, 7) is -0.0581. The summed E-state index contributed by atoms with van der Waals surface area (Å²) in [6.07, 6.45) is 1.34. The van der Waals surface area contributed by atoms with Crippen molar-refractivity contribution < 1.29 is 13.7 Å². The van der Waals surface area contributed by atoms with Crippen molar-refractivity contribution in [1.29, 1.82) is 0 Å². The number of aromatic nitrogens is 2. The van der Waals surface area contributed by atoms with Gasteiger partial charge in [0.15, 0.2) is 11.6 Å². The van der Waals surface area contributed by atoms with E-state index in [0.29, 0.717) is 0 Å². The fraction of sp³-hybridized carbons (Fsp3) is 0.100. The maximum Gasteiger partial charge on any atom is 0.389 e. The van der Waals surface area contributed by atoms with Gasteiger partial charge in [-0.3, -0.25) is 0 Å². The third-order valence-electron chi connectivity index (χ3n) is 2.18. The third kappa shape index (κ3) is 2.27. The van der Waals surface area contributed by atoms with Crippen LogP contribution in [0.1, 0.15) is 5.56 Å². The minimum Gasteiger partial charge on any atom is -0.358 e. The topological polar surface area (TPSA) is 61.0 Å². The first kappa shape index (κ1) is 11.2. The molecule has 2 rings (SSSR count). The van der Waals surface area contributed by atoms with Crippen molar-refractivity contribution in [2.24, 2.45) is 0 Å². The maximum absolute atomic E-state index is 13.3. The Morgan fingerprint density at radius 2 is 2.12 bits per heavy atom. The average Bonchev–Trinajstić information content (AvgIpc) is 2.73. The highest BCUT2D eigenvalue weighted by Gasteiger charge is 2.13. The van der Waals surface area contributed by atoms with Gasteiger partial charge in [-0.1, -0.05) is 12.1 Å². The predicted molar refractivity (Wildman–Crippen MR) is 54.3 cm³/mol. The first-order chi connectivity index (χ1) is 8.08. The Hall–Kier alpha value is -2.31. The lowest BCUT2D eigenvalue weighted by Gasteiger charge is -2.01. The SMILES string of the molecule is O=[N+]([O-])c1ccn(Cc2cccc(F)c2F)n1. The van der Waals surface area contributed by atoms with Gasteiger partial charge < -0.3 is 10.1 Å².